The summed E-state index contributed by atoms with van der Waals surface area (Å²) in [7, 11) is 0. The third kappa shape index (κ3) is 2.32. The highest BCUT2D eigenvalue weighted by atomic mass is 32.1. The number of thiophene rings is 1. The number of fused-ring (bicyclic) bond motifs is 1. The highest BCUT2D eigenvalue weighted by Crippen LogP contribution is 2.40. The molecule has 0 atom stereocenters. The average Bonchev–Trinajstić information content (AvgIpc) is 2.85. The van der Waals surface area contributed by atoms with Gasteiger partial charge in [0.25, 0.3) is 0 Å². The largest absolute Gasteiger partial charge is 0.462 e. The van der Waals surface area contributed by atoms with Crippen LogP contribution in [-0.2, 0) is 17.6 Å². The minimum atomic E-state index is -0.322. The first-order valence-electron chi connectivity index (χ1n) is 5.51. The number of aryl methyl sites for hydroxylation is 1. The van der Waals surface area contributed by atoms with E-state index in [4.69, 9.17) is 9.94 Å². The van der Waals surface area contributed by atoms with Crippen LogP contribution in [0.5, 0.6) is 0 Å². The summed E-state index contributed by atoms with van der Waals surface area (Å²) >= 11 is 1.49. The molecule has 92 valence electrons. The van der Waals surface area contributed by atoms with Gasteiger partial charge in [0.15, 0.2) is 0 Å². The van der Waals surface area contributed by atoms with Crippen LogP contribution in [0, 0.1) is 0 Å². The van der Waals surface area contributed by atoms with Crippen molar-refractivity contribution in [3.63, 3.8) is 0 Å². The van der Waals surface area contributed by atoms with E-state index in [0.29, 0.717) is 17.2 Å². The molecule has 1 aromatic rings. The van der Waals surface area contributed by atoms with Crippen molar-refractivity contribution >= 4 is 28.6 Å². The Bertz CT molecular complexity index is 454. The van der Waals surface area contributed by atoms with Crippen LogP contribution >= 0.6 is 11.3 Å². The van der Waals surface area contributed by atoms with Crippen LogP contribution in [0.1, 0.15) is 34.1 Å². The van der Waals surface area contributed by atoms with E-state index in [1.165, 1.54) is 16.2 Å². The first kappa shape index (κ1) is 12.1. The number of ether oxygens (including phenoxy) is 1. The lowest BCUT2D eigenvalue weighted by molar-refractivity contribution is 0.0527. The predicted molar refractivity (Wildman–Crippen MR) is 65.4 cm³/mol. The fraction of sp³-hybridized carbons (Fsp3) is 0.455. The second-order valence-electron chi connectivity index (χ2n) is 3.65. The zero-order chi connectivity index (χ0) is 12.3. The standard InChI is InChI=1S/C11H14N2O3S/c1-2-16-11(14)9-7-4-3-5-8(7)17-10(9)12-6-13-15/h6,15H,2-5H2,1H3,(H,12,13). The zero-order valence-corrected chi connectivity index (χ0v) is 10.3. The Morgan fingerprint density at radius 3 is 3.18 bits per heavy atom. The van der Waals surface area contributed by atoms with E-state index in [0.717, 1.165) is 31.2 Å². The van der Waals surface area contributed by atoms with Gasteiger partial charge in [0, 0.05) is 4.88 Å². The van der Waals surface area contributed by atoms with Gasteiger partial charge in [-0.25, -0.2) is 9.79 Å². The zero-order valence-electron chi connectivity index (χ0n) is 9.52. The summed E-state index contributed by atoms with van der Waals surface area (Å²) in [6.45, 7) is 2.13. The molecule has 0 radical (unpaired) electrons. The topological polar surface area (TPSA) is 70.9 Å². The van der Waals surface area contributed by atoms with Crippen molar-refractivity contribution in [1.82, 2.24) is 5.48 Å². The molecule has 0 fully saturated rings. The normalized spacial score (nSPS) is 14.0. The molecule has 17 heavy (non-hydrogen) atoms. The molecule has 0 bridgehead atoms. The maximum absolute atomic E-state index is 11.9. The summed E-state index contributed by atoms with van der Waals surface area (Å²) in [6, 6.07) is 0. The Labute approximate surface area is 103 Å². The van der Waals surface area contributed by atoms with Crippen LogP contribution in [0.25, 0.3) is 0 Å². The van der Waals surface area contributed by atoms with Crippen LogP contribution < -0.4 is 5.48 Å². The molecule has 0 spiro atoms. The summed E-state index contributed by atoms with van der Waals surface area (Å²) in [5.41, 5.74) is 3.48. The van der Waals surface area contributed by atoms with Gasteiger partial charge < -0.3 is 4.74 Å². The highest BCUT2D eigenvalue weighted by molar-refractivity contribution is 7.16. The average molecular weight is 254 g/mol. The van der Waals surface area contributed by atoms with Crippen LogP contribution in [0.2, 0.25) is 0 Å². The summed E-state index contributed by atoms with van der Waals surface area (Å²) in [4.78, 5) is 17.1. The highest BCUT2D eigenvalue weighted by Gasteiger charge is 2.27. The van der Waals surface area contributed by atoms with Gasteiger partial charge in [-0.15, -0.1) is 11.3 Å². The van der Waals surface area contributed by atoms with Crippen LogP contribution in [0.4, 0.5) is 5.00 Å². The van der Waals surface area contributed by atoms with Crippen molar-refractivity contribution in [2.45, 2.75) is 26.2 Å². The van der Waals surface area contributed by atoms with Crippen molar-refractivity contribution in [3.05, 3.63) is 16.0 Å². The van der Waals surface area contributed by atoms with E-state index in [9.17, 15) is 4.79 Å². The molecular formula is C11H14N2O3S. The number of aliphatic imine (C=N–C) groups is 1. The van der Waals surface area contributed by atoms with E-state index in [-0.39, 0.29) is 5.97 Å². The molecule has 0 unspecified atom stereocenters. The van der Waals surface area contributed by atoms with Gasteiger partial charge in [-0.2, -0.15) is 0 Å². The quantitative estimate of drug-likeness (QED) is 0.373. The minimum Gasteiger partial charge on any atom is -0.462 e. The number of hydrogen-bond acceptors (Lipinski definition) is 5. The number of nitrogens with one attached hydrogen (secondary N) is 1. The smallest absolute Gasteiger partial charge is 0.341 e. The van der Waals surface area contributed by atoms with Gasteiger partial charge in [0.2, 0.25) is 0 Å². The second kappa shape index (κ2) is 5.29. The molecule has 1 heterocycles. The molecule has 6 heteroatoms. The number of rotatable bonds is 4. The fourth-order valence-corrected chi connectivity index (χ4v) is 3.20. The minimum absolute atomic E-state index is 0.322. The predicted octanol–water partition coefficient (Wildman–Crippen LogP) is 2.05. The van der Waals surface area contributed by atoms with Gasteiger partial charge >= 0.3 is 5.97 Å². The van der Waals surface area contributed by atoms with E-state index in [1.807, 2.05) is 5.48 Å². The lowest BCUT2D eigenvalue weighted by Crippen LogP contribution is -2.07. The number of hydrogen-bond donors (Lipinski definition) is 2. The fourth-order valence-electron chi connectivity index (χ4n) is 1.98. The summed E-state index contributed by atoms with van der Waals surface area (Å²) in [5, 5.41) is 9.10. The van der Waals surface area contributed by atoms with E-state index in [2.05, 4.69) is 4.99 Å². The Kier molecular flexibility index (Phi) is 3.75. The van der Waals surface area contributed by atoms with Gasteiger partial charge in [-0.05, 0) is 31.7 Å². The number of carbonyl (C=O) groups is 1. The maximum Gasteiger partial charge on any atom is 0.341 e. The van der Waals surface area contributed by atoms with Crippen LogP contribution in [0.15, 0.2) is 4.99 Å². The second-order valence-corrected chi connectivity index (χ2v) is 4.73. The van der Waals surface area contributed by atoms with Gasteiger partial charge in [0.1, 0.15) is 11.3 Å². The van der Waals surface area contributed by atoms with Crippen molar-refractivity contribution in [1.29, 1.82) is 0 Å². The first-order chi connectivity index (χ1) is 8.27. The molecule has 0 saturated heterocycles. The van der Waals surface area contributed by atoms with Crippen molar-refractivity contribution in [3.8, 4) is 0 Å². The monoisotopic (exact) mass is 254 g/mol. The van der Waals surface area contributed by atoms with Gasteiger partial charge in [-0.3, -0.25) is 10.7 Å². The molecule has 1 aromatic heterocycles. The number of esters is 1. The molecule has 1 aliphatic carbocycles. The lowest BCUT2D eigenvalue weighted by Gasteiger charge is -2.03. The summed E-state index contributed by atoms with van der Waals surface area (Å²) in [6.07, 6.45) is 4.13. The molecule has 2 rings (SSSR count). The Balaban J connectivity index is 2.38. The molecule has 0 amide bonds. The SMILES string of the molecule is CCOC(=O)c1c(/N=C/NO)sc2c1CCC2. The van der Waals surface area contributed by atoms with E-state index < -0.39 is 0 Å². The molecule has 0 aliphatic heterocycles. The first-order valence-corrected chi connectivity index (χ1v) is 6.33. The Morgan fingerprint density at radius 2 is 2.47 bits per heavy atom. The molecular weight excluding hydrogens is 240 g/mol. The third-order valence-electron chi connectivity index (χ3n) is 2.62. The van der Waals surface area contributed by atoms with E-state index in [1.54, 1.807) is 6.92 Å². The third-order valence-corrected chi connectivity index (χ3v) is 3.82. The van der Waals surface area contributed by atoms with E-state index >= 15 is 0 Å². The van der Waals surface area contributed by atoms with Gasteiger partial charge in [-0.1, -0.05) is 0 Å². The van der Waals surface area contributed by atoms with Crippen LogP contribution in [-0.4, -0.2) is 24.1 Å². The van der Waals surface area contributed by atoms with Crippen molar-refractivity contribution in [2.75, 3.05) is 6.61 Å². The van der Waals surface area contributed by atoms with Crippen molar-refractivity contribution < 1.29 is 14.7 Å². The van der Waals surface area contributed by atoms with Crippen molar-refractivity contribution in [2.24, 2.45) is 4.99 Å². The Morgan fingerprint density at radius 1 is 1.65 bits per heavy atom. The van der Waals surface area contributed by atoms with Gasteiger partial charge in [0.05, 0.1) is 12.2 Å². The number of carbonyl (C=O) groups excluding carboxylic acids is 1. The molecule has 5 nitrogen and oxygen atoms in total. The molecule has 1 aliphatic rings. The maximum atomic E-state index is 11.9. The number of hydroxylamine groups is 1. The van der Waals surface area contributed by atoms with Crippen LogP contribution in [0.3, 0.4) is 0 Å². The molecule has 0 aromatic carbocycles. The molecule has 2 N–H and O–H groups in total. The summed E-state index contributed by atoms with van der Waals surface area (Å²) in [5.74, 6) is -0.322. The lowest BCUT2D eigenvalue weighted by atomic mass is 10.1. The number of nitrogens with zero attached hydrogens (tertiary/aromatic N) is 1. The molecule has 0 saturated carbocycles. The summed E-state index contributed by atoms with van der Waals surface area (Å²) < 4.78 is 5.04. The Hall–Kier alpha value is -1.40.